The van der Waals surface area contributed by atoms with Crippen molar-refractivity contribution in [1.82, 2.24) is 14.2 Å². The predicted molar refractivity (Wildman–Crippen MR) is 117 cm³/mol. The van der Waals surface area contributed by atoms with Crippen molar-refractivity contribution < 1.29 is 22.7 Å². The number of aromatic nitrogens is 1. The number of carbonyl (C=O) groups excluding carboxylic acids is 1. The molecule has 164 valence electrons. The van der Waals surface area contributed by atoms with Gasteiger partial charge in [-0.05, 0) is 18.2 Å². The Hall–Kier alpha value is -2.88. The lowest BCUT2D eigenvalue weighted by Gasteiger charge is -2.33. The molecule has 1 saturated heterocycles. The molecule has 0 atom stereocenters. The number of sulfonamides is 1. The molecule has 1 aromatic heterocycles. The number of H-pyrrole nitrogens is 1. The summed E-state index contributed by atoms with van der Waals surface area (Å²) in [7, 11) is -0.822. The van der Waals surface area contributed by atoms with Gasteiger partial charge in [0.15, 0.2) is 5.78 Å². The quantitative estimate of drug-likeness (QED) is 0.564. The number of hydrogen-bond acceptors (Lipinski definition) is 6. The number of Topliss-reactive ketones (excluding diaryl/α,β-unsaturated/α-hetero) is 1. The van der Waals surface area contributed by atoms with Crippen molar-refractivity contribution in [1.29, 1.82) is 0 Å². The maximum Gasteiger partial charge on any atom is 0.246 e. The van der Waals surface area contributed by atoms with E-state index in [9.17, 15) is 13.2 Å². The molecule has 3 aromatic rings. The first-order valence-corrected chi connectivity index (χ1v) is 11.4. The molecule has 0 unspecified atom stereocenters. The van der Waals surface area contributed by atoms with Gasteiger partial charge in [-0.2, -0.15) is 4.31 Å². The van der Waals surface area contributed by atoms with Crippen LogP contribution in [0.3, 0.4) is 0 Å². The largest absolute Gasteiger partial charge is 0.497 e. The van der Waals surface area contributed by atoms with Gasteiger partial charge in [-0.3, -0.25) is 9.69 Å². The summed E-state index contributed by atoms with van der Waals surface area (Å²) in [5, 5.41) is 0.902. The zero-order chi connectivity index (χ0) is 22.0. The van der Waals surface area contributed by atoms with Crippen LogP contribution in [0.1, 0.15) is 10.4 Å². The summed E-state index contributed by atoms with van der Waals surface area (Å²) in [6, 6.07) is 12.4. The molecule has 2 aromatic carbocycles. The van der Waals surface area contributed by atoms with Gasteiger partial charge in [-0.15, -0.1) is 0 Å². The highest BCUT2D eigenvalue weighted by Gasteiger charge is 2.32. The number of fused-ring (bicyclic) bond motifs is 1. The number of hydrogen-bond donors (Lipinski definition) is 1. The van der Waals surface area contributed by atoms with Crippen molar-refractivity contribution in [3.8, 4) is 11.5 Å². The fraction of sp³-hybridized carbons (Fsp3) is 0.318. The van der Waals surface area contributed by atoms with Gasteiger partial charge in [0.05, 0.1) is 20.8 Å². The molecule has 4 rings (SSSR count). The van der Waals surface area contributed by atoms with Gasteiger partial charge in [0.25, 0.3) is 0 Å². The third-order valence-corrected chi connectivity index (χ3v) is 7.50. The fourth-order valence-electron chi connectivity index (χ4n) is 3.84. The van der Waals surface area contributed by atoms with Gasteiger partial charge in [-0.1, -0.05) is 18.2 Å². The summed E-state index contributed by atoms with van der Waals surface area (Å²) in [5.41, 5.74) is 1.58. The maximum atomic E-state index is 13.2. The number of para-hydroxylation sites is 1. The molecule has 0 saturated carbocycles. The number of methoxy groups -OCH3 is 2. The second-order valence-corrected chi connectivity index (χ2v) is 9.27. The van der Waals surface area contributed by atoms with Gasteiger partial charge < -0.3 is 14.5 Å². The van der Waals surface area contributed by atoms with E-state index < -0.39 is 10.0 Å². The second kappa shape index (κ2) is 8.70. The molecule has 1 aliphatic heterocycles. The smallest absolute Gasteiger partial charge is 0.246 e. The molecule has 8 nitrogen and oxygen atoms in total. The molecule has 1 aliphatic rings. The number of rotatable bonds is 7. The van der Waals surface area contributed by atoms with E-state index in [0.29, 0.717) is 37.5 Å². The minimum absolute atomic E-state index is 0.0169. The van der Waals surface area contributed by atoms with Crippen LogP contribution in [0.4, 0.5) is 0 Å². The molecule has 0 aliphatic carbocycles. The number of ether oxygens (including phenoxy) is 2. The molecule has 1 N–H and O–H groups in total. The van der Waals surface area contributed by atoms with Crippen molar-refractivity contribution in [2.45, 2.75) is 4.90 Å². The number of piperazine rings is 1. The minimum atomic E-state index is -3.75. The van der Waals surface area contributed by atoms with Crippen molar-refractivity contribution in [2.24, 2.45) is 0 Å². The minimum Gasteiger partial charge on any atom is -0.497 e. The predicted octanol–water partition coefficient (Wildman–Crippen LogP) is 2.37. The third kappa shape index (κ3) is 4.16. The summed E-state index contributed by atoms with van der Waals surface area (Å²) in [5.74, 6) is 0.739. The molecule has 0 bridgehead atoms. The van der Waals surface area contributed by atoms with Crippen LogP contribution in [-0.2, 0) is 10.0 Å². The SMILES string of the molecule is COc1ccc(OC)c(S(=O)(=O)N2CCN(CC(=O)c3c[nH]c4ccccc34)CC2)c1. The second-order valence-electron chi connectivity index (χ2n) is 7.37. The zero-order valence-corrected chi connectivity index (χ0v) is 18.3. The van der Waals surface area contributed by atoms with Crippen LogP contribution in [0.15, 0.2) is 53.6 Å². The topological polar surface area (TPSA) is 91.9 Å². The van der Waals surface area contributed by atoms with Crippen molar-refractivity contribution in [3.63, 3.8) is 0 Å². The highest BCUT2D eigenvalue weighted by atomic mass is 32.2. The van der Waals surface area contributed by atoms with Crippen LogP contribution in [0, 0.1) is 0 Å². The Bertz CT molecular complexity index is 1200. The molecule has 0 amide bonds. The lowest BCUT2D eigenvalue weighted by atomic mass is 10.1. The Morgan fingerprint density at radius 3 is 2.48 bits per heavy atom. The van der Waals surface area contributed by atoms with Crippen molar-refractivity contribution >= 4 is 26.7 Å². The number of ketones is 1. The monoisotopic (exact) mass is 443 g/mol. The summed E-state index contributed by atoms with van der Waals surface area (Å²) in [4.78, 5) is 18.0. The van der Waals surface area contributed by atoms with Crippen molar-refractivity contribution in [3.05, 3.63) is 54.2 Å². The highest BCUT2D eigenvalue weighted by molar-refractivity contribution is 7.89. The number of nitrogens with one attached hydrogen (secondary N) is 1. The molecule has 2 heterocycles. The molecule has 0 radical (unpaired) electrons. The Kier molecular flexibility index (Phi) is 5.99. The first-order chi connectivity index (χ1) is 14.9. The maximum absolute atomic E-state index is 13.2. The lowest BCUT2D eigenvalue weighted by Crippen LogP contribution is -2.49. The number of carbonyl (C=O) groups is 1. The number of nitrogens with zero attached hydrogens (tertiary/aromatic N) is 2. The Morgan fingerprint density at radius 2 is 1.77 bits per heavy atom. The number of aromatic amines is 1. The van der Waals surface area contributed by atoms with E-state index in [2.05, 4.69) is 4.98 Å². The fourth-order valence-corrected chi connectivity index (χ4v) is 5.44. The molecular formula is C22H25N3O5S. The average Bonchev–Trinajstić information content (AvgIpc) is 3.23. The Morgan fingerprint density at radius 1 is 1.03 bits per heavy atom. The summed E-state index contributed by atoms with van der Waals surface area (Å²) in [6.45, 7) is 1.78. The first kappa shape index (κ1) is 21.4. The lowest BCUT2D eigenvalue weighted by molar-refractivity contribution is 0.0903. The van der Waals surface area contributed by atoms with Gasteiger partial charge in [0.2, 0.25) is 10.0 Å². The summed E-state index contributed by atoms with van der Waals surface area (Å²) in [6.07, 6.45) is 1.74. The van der Waals surface area contributed by atoms with Crippen LogP contribution in [0.2, 0.25) is 0 Å². The van der Waals surface area contributed by atoms with E-state index in [1.807, 2.05) is 29.2 Å². The van der Waals surface area contributed by atoms with Crippen LogP contribution < -0.4 is 9.47 Å². The molecule has 1 fully saturated rings. The van der Waals surface area contributed by atoms with Crippen molar-refractivity contribution in [2.75, 3.05) is 46.9 Å². The zero-order valence-electron chi connectivity index (χ0n) is 17.5. The first-order valence-electron chi connectivity index (χ1n) is 9.98. The normalized spacial score (nSPS) is 15.8. The van der Waals surface area contributed by atoms with E-state index in [4.69, 9.17) is 9.47 Å². The van der Waals surface area contributed by atoms with E-state index in [1.54, 1.807) is 18.3 Å². The van der Waals surface area contributed by atoms with Crippen LogP contribution in [0.25, 0.3) is 10.9 Å². The van der Waals surface area contributed by atoms with Gasteiger partial charge in [0, 0.05) is 54.9 Å². The Labute approximate surface area is 181 Å². The van der Waals surface area contributed by atoms with E-state index in [-0.39, 0.29) is 23.0 Å². The van der Waals surface area contributed by atoms with Crippen LogP contribution in [0.5, 0.6) is 11.5 Å². The van der Waals surface area contributed by atoms with E-state index >= 15 is 0 Å². The summed E-state index contributed by atoms with van der Waals surface area (Å²) >= 11 is 0. The molecule has 31 heavy (non-hydrogen) atoms. The molecule has 0 spiro atoms. The van der Waals surface area contributed by atoms with Crippen LogP contribution in [-0.4, -0.2) is 75.3 Å². The standard InChI is InChI=1S/C22H25N3O5S/c1-29-16-7-8-21(30-2)22(13-16)31(27,28)25-11-9-24(10-12-25)15-20(26)18-14-23-19-6-4-3-5-17(18)19/h3-8,13-14,23H,9-12,15H2,1-2H3. The van der Waals surface area contributed by atoms with Gasteiger partial charge in [0.1, 0.15) is 16.4 Å². The average molecular weight is 444 g/mol. The Balaban J connectivity index is 1.44. The molecular weight excluding hydrogens is 418 g/mol. The van der Waals surface area contributed by atoms with Gasteiger partial charge in [-0.25, -0.2) is 8.42 Å². The highest BCUT2D eigenvalue weighted by Crippen LogP contribution is 2.31. The van der Waals surface area contributed by atoms with Gasteiger partial charge >= 0.3 is 0 Å². The number of benzene rings is 2. The van der Waals surface area contributed by atoms with E-state index in [0.717, 1.165) is 10.9 Å². The van der Waals surface area contributed by atoms with E-state index in [1.165, 1.54) is 24.6 Å². The summed E-state index contributed by atoms with van der Waals surface area (Å²) < 4.78 is 38.3. The third-order valence-electron chi connectivity index (χ3n) is 5.58. The molecule has 9 heteroatoms. The van der Waals surface area contributed by atoms with Crippen LogP contribution >= 0.6 is 0 Å².